The third-order valence-electron chi connectivity index (χ3n) is 3.85. The van der Waals surface area contributed by atoms with Crippen LogP contribution in [0.3, 0.4) is 0 Å². The molecule has 0 rings (SSSR count). The van der Waals surface area contributed by atoms with Gasteiger partial charge < -0.3 is 4.74 Å². The minimum Gasteiger partial charge on any atom is -0.502 e. The Morgan fingerprint density at radius 3 is 1.40 bits per heavy atom. The minimum absolute atomic E-state index is 0.891. The van der Waals surface area contributed by atoms with E-state index in [0.29, 0.717) is 0 Å². The maximum absolute atomic E-state index is 5.31. The van der Waals surface area contributed by atoms with Crippen LogP contribution in [0.15, 0.2) is 12.3 Å². The van der Waals surface area contributed by atoms with Gasteiger partial charge in [0, 0.05) is 0 Å². The Morgan fingerprint density at radius 1 is 0.600 bits per heavy atom. The molecule has 0 atom stereocenters. The van der Waals surface area contributed by atoms with Gasteiger partial charge in [0.15, 0.2) is 0 Å². The lowest BCUT2D eigenvalue weighted by atomic mass is 10.0. The Labute approximate surface area is 128 Å². The van der Waals surface area contributed by atoms with Crippen LogP contribution >= 0.6 is 0 Å². The van der Waals surface area contributed by atoms with Gasteiger partial charge in [0.25, 0.3) is 0 Å². The van der Waals surface area contributed by atoms with Crippen LogP contribution in [-0.4, -0.2) is 6.61 Å². The van der Waals surface area contributed by atoms with Gasteiger partial charge in [-0.2, -0.15) is 0 Å². The van der Waals surface area contributed by atoms with Crippen molar-refractivity contribution in [2.45, 2.75) is 104 Å². The number of hydrogen-bond acceptors (Lipinski definition) is 1. The average Bonchev–Trinajstić information content (AvgIpc) is 2.47. The minimum atomic E-state index is 0.891. The lowest BCUT2D eigenvalue weighted by Gasteiger charge is -2.03. The third kappa shape index (κ3) is 17.5. The summed E-state index contributed by atoms with van der Waals surface area (Å²) in [5.74, 6) is 0. The van der Waals surface area contributed by atoms with Crippen LogP contribution in [0.1, 0.15) is 104 Å². The van der Waals surface area contributed by atoms with Crippen LogP contribution in [0, 0.1) is 0 Å². The van der Waals surface area contributed by atoms with Crippen LogP contribution in [0.4, 0.5) is 0 Å². The van der Waals surface area contributed by atoms with E-state index >= 15 is 0 Å². The molecule has 0 bridgehead atoms. The monoisotopic (exact) mass is 282 g/mol. The Hall–Kier alpha value is -0.460. The van der Waals surface area contributed by atoms with E-state index in [2.05, 4.69) is 6.92 Å². The summed E-state index contributed by atoms with van der Waals surface area (Å²) in [5.41, 5.74) is 0. The smallest absolute Gasteiger partial charge is 0.0873 e. The third-order valence-corrected chi connectivity index (χ3v) is 3.85. The molecule has 0 aromatic carbocycles. The highest BCUT2D eigenvalue weighted by molar-refractivity contribution is 4.64. The molecule has 0 aliphatic carbocycles. The lowest BCUT2D eigenvalue weighted by Crippen LogP contribution is -1.88. The second-order valence-electron chi connectivity index (χ2n) is 5.94. The number of unbranched alkanes of at least 4 members (excludes halogenated alkanes) is 13. The molecule has 0 heterocycles. The summed E-state index contributed by atoms with van der Waals surface area (Å²) in [4.78, 5) is 0. The summed E-state index contributed by atoms with van der Waals surface area (Å²) >= 11 is 0. The zero-order valence-corrected chi connectivity index (χ0v) is 14.2. The molecular weight excluding hydrogens is 244 g/mol. The van der Waals surface area contributed by atoms with E-state index < -0.39 is 0 Å². The van der Waals surface area contributed by atoms with Crippen molar-refractivity contribution in [3.8, 4) is 0 Å². The van der Waals surface area contributed by atoms with Crippen molar-refractivity contribution in [2.75, 3.05) is 6.61 Å². The number of hydrogen-bond donors (Lipinski definition) is 0. The van der Waals surface area contributed by atoms with E-state index in [9.17, 15) is 0 Å². The summed E-state index contributed by atoms with van der Waals surface area (Å²) in [6.07, 6.45) is 23.5. The second-order valence-corrected chi connectivity index (χ2v) is 5.94. The van der Waals surface area contributed by atoms with E-state index in [4.69, 9.17) is 4.74 Å². The normalized spacial score (nSPS) is 11.3. The van der Waals surface area contributed by atoms with Crippen LogP contribution in [-0.2, 0) is 4.74 Å². The summed E-state index contributed by atoms with van der Waals surface area (Å²) in [7, 11) is 0. The van der Waals surface area contributed by atoms with Gasteiger partial charge in [0.2, 0.25) is 0 Å². The lowest BCUT2D eigenvalue weighted by molar-refractivity contribution is 0.240. The molecule has 0 aliphatic rings. The highest BCUT2D eigenvalue weighted by atomic mass is 16.5. The summed E-state index contributed by atoms with van der Waals surface area (Å²) in [5, 5.41) is 0. The Morgan fingerprint density at radius 2 is 1.00 bits per heavy atom. The summed E-state index contributed by atoms with van der Waals surface area (Å²) < 4.78 is 5.31. The fourth-order valence-electron chi connectivity index (χ4n) is 2.54. The van der Waals surface area contributed by atoms with Gasteiger partial charge in [-0.25, -0.2) is 0 Å². The zero-order chi connectivity index (χ0) is 14.7. The number of ether oxygens (including phenoxy) is 1. The SMILES string of the molecule is C/C=C\OCCCCCCCCCCCCCCCC. The molecular formula is C19H38O. The highest BCUT2D eigenvalue weighted by Crippen LogP contribution is 2.12. The molecule has 0 saturated heterocycles. The van der Waals surface area contributed by atoms with Crippen molar-refractivity contribution in [1.82, 2.24) is 0 Å². The van der Waals surface area contributed by atoms with Crippen molar-refractivity contribution in [3.05, 3.63) is 12.3 Å². The maximum Gasteiger partial charge on any atom is 0.0873 e. The molecule has 0 aromatic heterocycles. The first-order valence-electron chi connectivity index (χ1n) is 9.14. The van der Waals surface area contributed by atoms with E-state index in [0.717, 1.165) is 6.61 Å². The predicted molar refractivity (Wildman–Crippen MR) is 91.1 cm³/mol. The molecule has 0 unspecified atom stereocenters. The predicted octanol–water partition coefficient (Wildman–Crippen LogP) is 7.02. The molecule has 0 fully saturated rings. The molecule has 20 heavy (non-hydrogen) atoms. The fourth-order valence-corrected chi connectivity index (χ4v) is 2.54. The average molecular weight is 283 g/mol. The fraction of sp³-hybridized carbons (Fsp3) is 0.895. The van der Waals surface area contributed by atoms with Gasteiger partial charge in [-0.3, -0.25) is 0 Å². The number of rotatable bonds is 16. The molecule has 120 valence electrons. The van der Waals surface area contributed by atoms with E-state index in [1.807, 2.05) is 13.0 Å². The molecule has 0 saturated carbocycles. The standard InChI is InChI=1S/C19H38O/c1-3-5-6-7-8-9-10-11-12-13-14-15-16-17-19-20-18-4-2/h4,18H,3,5-17,19H2,1-2H3/b18-4-. The van der Waals surface area contributed by atoms with Gasteiger partial charge >= 0.3 is 0 Å². The molecule has 0 spiro atoms. The summed E-state index contributed by atoms with van der Waals surface area (Å²) in [6.45, 7) is 5.17. The molecule has 0 aliphatic heterocycles. The zero-order valence-electron chi connectivity index (χ0n) is 14.2. The largest absolute Gasteiger partial charge is 0.502 e. The van der Waals surface area contributed by atoms with Gasteiger partial charge in [0.05, 0.1) is 12.9 Å². The molecule has 0 aromatic rings. The van der Waals surface area contributed by atoms with E-state index in [1.165, 1.54) is 89.9 Å². The van der Waals surface area contributed by atoms with Crippen molar-refractivity contribution >= 4 is 0 Å². The molecule has 1 nitrogen and oxygen atoms in total. The molecule has 0 radical (unpaired) electrons. The van der Waals surface area contributed by atoms with Crippen LogP contribution in [0.5, 0.6) is 0 Å². The van der Waals surface area contributed by atoms with Crippen LogP contribution in [0.25, 0.3) is 0 Å². The van der Waals surface area contributed by atoms with Crippen molar-refractivity contribution in [2.24, 2.45) is 0 Å². The van der Waals surface area contributed by atoms with Gasteiger partial charge in [0.1, 0.15) is 0 Å². The first-order chi connectivity index (χ1) is 9.91. The molecule has 0 amide bonds. The first-order valence-corrected chi connectivity index (χ1v) is 9.14. The van der Waals surface area contributed by atoms with Gasteiger partial charge in [-0.05, 0) is 13.3 Å². The highest BCUT2D eigenvalue weighted by Gasteiger charge is 1.93. The van der Waals surface area contributed by atoms with Crippen LogP contribution in [0.2, 0.25) is 0 Å². The molecule has 1 heteroatoms. The van der Waals surface area contributed by atoms with Crippen molar-refractivity contribution in [1.29, 1.82) is 0 Å². The molecule has 0 N–H and O–H groups in total. The van der Waals surface area contributed by atoms with Gasteiger partial charge in [-0.1, -0.05) is 96.5 Å². The first kappa shape index (κ1) is 19.5. The van der Waals surface area contributed by atoms with Crippen molar-refractivity contribution < 1.29 is 4.74 Å². The van der Waals surface area contributed by atoms with Gasteiger partial charge in [-0.15, -0.1) is 0 Å². The van der Waals surface area contributed by atoms with Crippen LogP contribution < -0.4 is 0 Å². The quantitative estimate of drug-likeness (QED) is 0.218. The number of allylic oxidation sites excluding steroid dienone is 1. The second kappa shape index (κ2) is 18.5. The summed E-state index contributed by atoms with van der Waals surface area (Å²) in [6, 6.07) is 0. The Balaban J connectivity index is 2.92. The van der Waals surface area contributed by atoms with E-state index in [-0.39, 0.29) is 0 Å². The topological polar surface area (TPSA) is 9.23 Å². The van der Waals surface area contributed by atoms with Crippen molar-refractivity contribution in [3.63, 3.8) is 0 Å². The Kier molecular flexibility index (Phi) is 18.1. The van der Waals surface area contributed by atoms with E-state index in [1.54, 1.807) is 6.26 Å². The maximum atomic E-state index is 5.31. The Bertz CT molecular complexity index is 186.